The van der Waals surface area contributed by atoms with Crippen LogP contribution in [0.25, 0.3) is 0 Å². The number of hydrogen-bond acceptors (Lipinski definition) is 2. The summed E-state index contributed by atoms with van der Waals surface area (Å²) in [6, 6.07) is 9.29. The highest BCUT2D eigenvalue weighted by atomic mass is 32.2. The third kappa shape index (κ3) is 2.06. The number of rotatable bonds is 2. The molecule has 0 saturated carbocycles. The highest BCUT2D eigenvalue weighted by molar-refractivity contribution is 8.00. The predicted octanol–water partition coefficient (Wildman–Crippen LogP) is 3.36. The Labute approximate surface area is 96.7 Å². The molecule has 0 bridgehead atoms. The van der Waals surface area contributed by atoms with E-state index >= 15 is 0 Å². The molecule has 1 aliphatic heterocycles. The molecule has 0 aliphatic carbocycles. The molecule has 15 heavy (non-hydrogen) atoms. The molecule has 0 amide bonds. The molecule has 1 aliphatic rings. The van der Waals surface area contributed by atoms with Gasteiger partial charge in [-0.05, 0) is 31.5 Å². The summed E-state index contributed by atoms with van der Waals surface area (Å²) >= 11 is 2.05. The van der Waals surface area contributed by atoms with E-state index in [9.17, 15) is 0 Å². The van der Waals surface area contributed by atoms with Crippen molar-refractivity contribution in [2.45, 2.75) is 37.3 Å². The standard InChI is InChI=1S/C13H19NS/c1-4-14-12-11-8-6-5-7-10(11)9-15-13(12,2)3/h5-8,12,14H,4,9H2,1-3H3. The summed E-state index contributed by atoms with van der Waals surface area (Å²) < 4.78 is 0.296. The van der Waals surface area contributed by atoms with E-state index in [0.29, 0.717) is 10.8 Å². The molecule has 1 heterocycles. The minimum absolute atomic E-state index is 0.296. The molecule has 2 rings (SSSR count). The lowest BCUT2D eigenvalue weighted by Crippen LogP contribution is -2.39. The maximum absolute atomic E-state index is 3.61. The van der Waals surface area contributed by atoms with Gasteiger partial charge in [0.2, 0.25) is 0 Å². The first-order valence-electron chi connectivity index (χ1n) is 5.60. The minimum atomic E-state index is 0.296. The van der Waals surface area contributed by atoms with E-state index in [1.54, 1.807) is 0 Å². The third-order valence-electron chi connectivity index (χ3n) is 3.07. The Hall–Kier alpha value is -0.470. The van der Waals surface area contributed by atoms with E-state index in [-0.39, 0.29) is 0 Å². The fourth-order valence-corrected chi connectivity index (χ4v) is 3.40. The summed E-state index contributed by atoms with van der Waals surface area (Å²) in [7, 11) is 0. The Balaban J connectivity index is 2.39. The number of nitrogens with one attached hydrogen (secondary N) is 1. The molecule has 1 aromatic rings. The zero-order valence-corrected chi connectivity index (χ0v) is 10.5. The molecule has 2 heteroatoms. The molecule has 0 spiro atoms. The highest BCUT2D eigenvalue weighted by Crippen LogP contribution is 2.45. The Bertz CT molecular complexity index is 346. The van der Waals surface area contributed by atoms with Gasteiger partial charge in [0.25, 0.3) is 0 Å². The molecule has 0 fully saturated rings. The first kappa shape index (κ1) is 11.0. The van der Waals surface area contributed by atoms with Crippen LogP contribution in [0, 0.1) is 0 Å². The molecular formula is C13H19NS. The number of thioether (sulfide) groups is 1. The van der Waals surface area contributed by atoms with E-state index in [1.165, 1.54) is 11.1 Å². The molecule has 0 aromatic heterocycles. The Morgan fingerprint density at radius 1 is 1.40 bits per heavy atom. The van der Waals surface area contributed by atoms with Gasteiger partial charge in [-0.25, -0.2) is 0 Å². The second-order valence-corrected chi connectivity index (χ2v) is 6.21. The second-order valence-electron chi connectivity index (χ2n) is 4.58. The molecule has 1 N–H and O–H groups in total. The summed E-state index contributed by atoms with van der Waals surface area (Å²) in [5.74, 6) is 1.14. The Kier molecular flexibility index (Phi) is 3.08. The maximum Gasteiger partial charge on any atom is 0.0466 e. The zero-order valence-electron chi connectivity index (χ0n) is 9.71. The van der Waals surface area contributed by atoms with Crippen molar-refractivity contribution in [2.75, 3.05) is 6.54 Å². The second kappa shape index (κ2) is 4.18. The smallest absolute Gasteiger partial charge is 0.0466 e. The van der Waals surface area contributed by atoms with E-state index in [1.807, 2.05) is 11.8 Å². The van der Waals surface area contributed by atoms with Gasteiger partial charge in [0.1, 0.15) is 0 Å². The number of benzene rings is 1. The van der Waals surface area contributed by atoms with E-state index in [2.05, 4.69) is 50.4 Å². The Morgan fingerprint density at radius 2 is 2.13 bits per heavy atom. The van der Waals surface area contributed by atoms with Gasteiger partial charge in [-0.3, -0.25) is 0 Å². The van der Waals surface area contributed by atoms with Crippen molar-refractivity contribution in [3.8, 4) is 0 Å². The lowest BCUT2D eigenvalue weighted by atomic mass is 9.91. The molecule has 1 atom stereocenters. The van der Waals surface area contributed by atoms with Gasteiger partial charge in [0.05, 0.1) is 0 Å². The normalized spacial score (nSPS) is 23.5. The summed E-state index contributed by atoms with van der Waals surface area (Å²) in [5, 5.41) is 3.61. The first-order chi connectivity index (χ1) is 7.15. The fraction of sp³-hybridized carbons (Fsp3) is 0.538. The number of fused-ring (bicyclic) bond motifs is 1. The van der Waals surface area contributed by atoms with Crippen molar-refractivity contribution in [1.82, 2.24) is 5.32 Å². The third-order valence-corrected chi connectivity index (χ3v) is 4.50. The molecule has 1 aromatic carbocycles. The van der Waals surface area contributed by atoms with Gasteiger partial charge >= 0.3 is 0 Å². The molecule has 1 unspecified atom stereocenters. The Morgan fingerprint density at radius 3 is 2.87 bits per heavy atom. The van der Waals surface area contributed by atoms with Gasteiger partial charge in [0.15, 0.2) is 0 Å². The van der Waals surface area contributed by atoms with Gasteiger partial charge in [-0.2, -0.15) is 0 Å². The largest absolute Gasteiger partial charge is 0.309 e. The van der Waals surface area contributed by atoms with Crippen molar-refractivity contribution in [2.24, 2.45) is 0 Å². The molecular weight excluding hydrogens is 202 g/mol. The van der Waals surface area contributed by atoms with Crippen LogP contribution in [0.1, 0.15) is 37.9 Å². The zero-order chi connectivity index (χ0) is 10.9. The van der Waals surface area contributed by atoms with Crippen molar-refractivity contribution in [3.63, 3.8) is 0 Å². The van der Waals surface area contributed by atoms with Gasteiger partial charge in [0, 0.05) is 16.5 Å². The SMILES string of the molecule is CCNC1c2ccccc2CSC1(C)C. The van der Waals surface area contributed by atoms with Crippen LogP contribution in [0.4, 0.5) is 0 Å². The lowest BCUT2D eigenvalue weighted by molar-refractivity contribution is 0.450. The van der Waals surface area contributed by atoms with Crippen LogP contribution in [-0.4, -0.2) is 11.3 Å². The van der Waals surface area contributed by atoms with Crippen LogP contribution in [0.3, 0.4) is 0 Å². The summed E-state index contributed by atoms with van der Waals surface area (Å²) in [6.45, 7) is 7.88. The summed E-state index contributed by atoms with van der Waals surface area (Å²) in [4.78, 5) is 0. The van der Waals surface area contributed by atoms with Gasteiger partial charge < -0.3 is 5.32 Å². The van der Waals surface area contributed by atoms with Crippen molar-refractivity contribution < 1.29 is 0 Å². The van der Waals surface area contributed by atoms with Crippen molar-refractivity contribution in [1.29, 1.82) is 0 Å². The van der Waals surface area contributed by atoms with E-state index < -0.39 is 0 Å². The average Bonchev–Trinajstić information content (AvgIpc) is 2.23. The van der Waals surface area contributed by atoms with Crippen LogP contribution in [0.2, 0.25) is 0 Å². The quantitative estimate of drug-likeness (QED) is 0.822. The van der Waals surface area contributed by atoms with Crippen LogP contribution in [0.5, 0.6) is 0 Å². The fourth-order valence-electron chi connectivity index (χ4n) is 2.23. The highest BCUT2D eigenvalue weighted by Gasteiger charge is 2.35. The monoisotopic (exact) mass is 221 g/mol. The molecule has 0 radical (unpaired) electrons. The maximum atomic E-state index is 3.61. The van der Waals surface area contributed by atoms with E-state index in [4.69, 9.17) is 0 Å². The molecule has 1 nitrogen and oxygen atoms in total. The number of hydrogen-bond donors (Lipinski definition) is 1. The van der Waals surface area contributed by atoms with Crippen LogP contribution < -0.4 is 5.32 Å². The average molecular weight is 221 g/mol. The summed E-state index contributed by atoms with van der Waals surface area (Å²) in [5.41, 5.74) is 2.98. The van der Waals surface area contributed by atoms with Gasteiger partial charge in [-0.15, -0.1) is 11.8 Å². The van der Waals surface area contributed by atoms with Crippen LogP contribution in [0.15, 0.2) is 24.3 Å². The first-order valence-corrected chi connectivity index (χ1v) is 6.59. The molecule has 0 saturated heterocycles. The summed E-state index contributed by atoms with van der Waals surface area (Å²) in [6.07, 6.45) is 0. The van der Waals surface area contributed by atoms with Crippen LogP contribution in [-0.2, 0) is 5.75 Å². The predicted molar refractivity (Wildman–Crippen MR) is 68.2 cm³/mol. The van der Waals surface area contributed by atoms with Crippen LogP contribution >= 0.6 is 11.8 Å². The van der Waals surface area contributed by atoms with Crippen molar-refractivity contribution >= 4 is 11.8 Å². The van der Waals surface area contributed by atoms with Gasteiger partial charge in [-0.1, -0.05) is 31.2 Å². The van der Waals surface area contributed by atoms with Crippen molar-refractivity contribution in [3.05, 3.63) is 35.4 Å². The molecule has 82 valence electrons. The minimum Gasteiger partial charge on any atom is -0.309 e. The lowest BCUT2D eigenvalue weighted by Gasteiger charge is -2.40. The van der Waals surface area contributed by atoms with E-state index in [0.717, 1.165) is 12.3 Å². The topological polar surface area (TPSA) is 12.0 Å².